The van der Waals surface area contributed by atoms with Crippen LogP contribution in [0.2, 0.25) is 0 Å². The Morgan fingerprint density at radius 2 is 1.80 bits per heavy atom. The van der Waals surface area contributed by atoms with E-state index in [2.05, 4.69) is 16.2 Å². The third-order valence-electron chi connectivity index (χ3n) is 5.26. The second-order valence-corrected chi connectivity index (χ2v) is 7.37. The third-order valence-corrected chi connectivity index (χ3v) is 5.26. The molecule has 0 unspecified atom stereocenters. The van der Waals surface area contributed by atoms with Gasteiger partial charge >= 0.3 is 12.0 Å². The summed E-state index contributed by atoms with van der Waals surface area (Å²) in [5.74, 6) is -2.28. The van der Waals surface area contributed by atoms with E-state index in [0.29, 0.717) is 18.4 Å². The minimum absolute atomic E-state index is 0.121. The number of rotatable bonds is 6. The number of benzene rings is 1. The van der Waals surface area contributed by atoms with Gasteiger partial charge in [-0.15, -0.1) is 0 Å². The van der Waals surface area contributed by atoms with E-state index >= 15 is 0 Å². The predicted octanol–water partition coefficient (Wildman–Crippen LogP) is 0.634. The van der Waals surface area contributed by atoms with Crippen LogP contribution in [0.5, 0.6) is 0 Å². The average Bonchev–Trinajstić information content (AvgIpc) is 3.30. The van der Waals surface area contributed by atoms with E-state index in [1.807, 2.05) is 0 Å². The van der Waals surface area contributed by atoms with Crippen molar-refractivity contribution >= 4 is 29.7 Å². The van der Waals surface area contributed by atoms with Gasteiger partial charge in [0.1, 0.15) is 5.54 Å². The molecule has 1 atom stereocenters. The van der Waals surface area contributed by atoms with Crippen LogP contribution in [0.1, 0.15) is 49.4 Å². The molecule has 3 rings (SSSR count). The minimum Gasteiger partial charge on any atom is -0.452 e. The number of hydrogen-bond donors (Lipinski definition) is 3. The second-order valence-electron chi connectivity index (χ2n) is 7.37. The van der Waals surface area contributed by atoms with Crippen LogP contribution in [0.25, 0.3) is 0 Å². The first kappa shape index (κ1) is 21.3. The number of esters is 1. The van der Waals surface area contributed by atoms with Crippen LogP contribution in [0.3, 0.4) is 0 Å². The smallest absolute Gasteiger partial charge is 0.325 e. The molecule has 10 nitrogen and oxygen atoms in total. The van der Waals surface area contributed by atoms with Crippen LogP contribution in [-0.2, 0) is 19.1 Å². The largest absolute Gasteiger partial charge is 0.452 e. The maximum absolute atomic E-state index is 12.5. The first-order valence-electron chi connectivity index (χ1n) is 9.81. The van der Waals surface area contributed by atoms with E-state index in [-0.39, 0.29) is 18.9 Å². The molecule has 1 aromatic rings. The Hall–Kier alpha value is -3.43. The summed E-state index contributed by atoms with van der Waals surface area (Å²) in [5.41, 5.74) is 3.95. The van der Waals surface area contributed by atoms with Gasteiger partial charge in [-0.2, -0.15) is 0 Å². The van der Waals surface area contributed by atoms with Gasteiger partial charge in [-0.3, -0.25) is 34.9 Å². The van der Waals surface area contributed by atoms with Crippen LogP contribution in [0, 0.1) is 0 Å². The molecule has 0 bridgehead atoms. The number of imide groups is 1. The van der Waals surface area contributed by atoms with Gasteiger partial charge in [-0.25, -0.2) is 4.79 Å². The van der Waals surface area contributed by atoms with Crippen molar-refractivity contribution in [1.29, 1.82) is 0 Å². The molecule has 3 N–H and O–H groups in total. The Kier molecular flexibility index (Phi) is 6.34. The highest BCUT2D eigenvalue weighted by Crippen LogP contribution is 2.35. The summed E-state index contributed by atoms with van der Waals surface area (Å²) in [6.45, 7) is 1.23. The van der Waals surface area contributed by atoms with Gasteiger partial charge in [0.2, 0.25) is 0 Å². The molecule has 160 valence electrons. The van der Waals surface area contributed by atoms with Crippen molar-refractivity contribution in [2.24, 2.45) is 0 Å². The van der Waals surface area contributed by atoms with Gasteiger partial charge in [0.25, 0.3) is 17.7 Å². The zero-order valence-electron chi connectivity index (χ0n) is 16.6. The Balaban J connectivity index is 1.42. The highest BCUT2D eigenvalue weighted by Gasteiger charge is 2.52. The van der Waals surface area contributed by atoms with E-state index in [0.717, 1.165) is 17.7 Å². The summed E-state index contributed by atoms with van der Waals surface area (Å²) in [7, 11) is 0. The van der Waals surface area contributed by atoms with Crippen molar-refractivity contribution in [2.75, 3.05) is 6.54 Å². The zero-order chi connectivity index (χ0) is 21.7. The molecule has 0 radical (unpaired) electrons. The molecule has 1 aliphatic heterocycles. The average molecular weight is 416 g/mol. The number of ether oxygens (including phenoxy) is 1. The number of nitrogens with zero attached hydrogens (tertiary/aromatic N) is 1. The van der Waals surface area contributed by atoms with Crippen molar-refractivity contribution in [3.63, 3.8) is 0 Å². The normalized spacial score (nSPS) is 18.1. The molecule has 5 amide bonds. The molecule has 2 aliphatic rings. The lowest BCUT2D eigenvalue weighted by Crippen LogP contribution is -2.47. The first-order chi connectivity index (χ1) is 14.3. The fourth-order valence-electron chi connectivity index (χ4n) is 3.59. The number of carbonyl (C=O) groups is 5. The fraction of sp³-hybridized carbons (Fsp3) is 0.450. The molecule has 1 saturated carbocycles. The van der Waals surface area contributed by atoms with Crippen molar-refractivity contribution < 1.29 is 28.7 Å². The molecule has 1 saturated heterocycles. The Morgan fingerprint density at radius 1 is 1.13 bits per heavy atom. The summed E-state index contributed by atoms with van der Waals surface area (Å²) < 4.78 is 5.03. The first-order valence-corrected chi connectivity index (χ1v) is 9.81. The quantitative estimate of drug-likeness (QED) is 0.354. The second kappa shape index (κ2) is 8.93. The molecule has 1 heterocycles. The number of hydrazine groups is 1. The number of urea groups is 1. The van der Waals surface area contributed by atoms with Crippen LogP contribution < -0.4 is 16.2 Å². The lowest BCUT2D eigenvalue weighted by molar-refractivity contribution is -0.155. The molecule has 2 fully saturated rings. The van der Waals surface area contributed by atoms with Gasteiger partial charge in [0.05, 0.1) is 6.42 Å². The Morgan fingerprint density at radius 3 is 2.47 bits per heavy atom. The van der Waals surface area contributed by atoms with Gasteiger partial charge in [-0.05, 0) is 31.9 Å². The van der Waals surface area contributed by atoms with Crippen LogP contribution >= 0.6 is 0 Å². The van der Waals surface area contributed by atoms with Gasteiger partial charge < -0.3 is 10.1 Å². The van der Waals surface area contributed by atoms with Crippen LogP contribution in [0.15, 0.2) is 30.3 Å². The summed E-state index contributed by atoms with van der Waals surface area (Å²) in [6, 6.07) is 7.77. The molecular formula is C20H24N4O6. The van der Waals surface area contributed by atoms with Crippen molar-refractivity contribution in [3.05, 3.63) is 35.9 Å². The lowest BCUT2D eigenvalue weighted by atomic mass is 9.98. The van der Waals surface area contributed by atoms with Crippen molar-refractivity contribution in [1.82, 2.24) is 21.1 Å². The number of amides is 5. The predicted molar refractivity (Wildman–Crippen MR) is 104 cm³/mol. The maximum Gasteiger partial charge on any atom is 0.325 e. The number of hydrogen-bond acceptors (Lipinski definition) is 6. The third kappa shape index (κ3) is 4.58. The summed E-state index contributed by atoms with van der Waals surface area (Å²) >= 11 is 0. The molecule has 10 heteroatoms. The summed E-state index contributed by atoms with van der Waals surface area (Å²) in [5, 5.41) is 2.73. The van der Waals surface area contributed by atoms with E-state index in [9.17, 15) is 24.0 Å². The Labute approximate surface area is 173 Å². The van der Waals surface area contributed by atoms with Crippen molar-refractivity contribution in [2.45, 2.75) is 50.7 Å². The molecule has 1 aliphatic carbocycles. The Bertz CT molecular complexity index is 850. The molecule has 30 heavy (non-hydrogen) atoms. The monoisotopic (exact) mass is 416 g/mol. The van der Waals surface area contributed by atoms with Crippen LogP contribution in [0.4, 0.5) is 4.79 Å². The zero-order valence-corrected chi connectivity index (χ0v) is 16.6. The topological polar surface area (TPSA) is 134 Å². The van der Waals surface area contributed by atoms with Crippen LogP contribution in [-0.4, -0.2) is 52.8 Å². The molecular weight excluding hydrogens is 392 g/mol. The van der Waals surface area contributed by atoms with E-state index in [4.69, 9.17) is 4.74 Å². The molecule has 0 aromatic heterocycles. The highest BCUT2D eigenvalue weighted by atomic mass is 16.5. The van der Waals surface area contributed by atoms with Gasteiger partial charge in [0.15, 0.2) is 6.10 Å². The van der Waals surface area contributed by atoms with Crippen molar-refractivity contribution in [3.8, 4) is 0 Å². The maximum atomic E-state index is 12.5. The van der Waals surface area contributed by atoms with Gasteiger partial charge in [0, 0.05) is 12.1 Å². The van der Waals surface area contributed by atoms with Gasteiger partial charge in [-0.1, -0.05) is 31.0 Å². The molecule has 1 spiro atoms. The highest BCUT2D eigenvalue weighted by molar-refractivity contribution is 6.07. The minimum atomic E-state index is -1.17. The fourth-order valence-corrected chi connectivity index (χ4v) is 3.59. The van der Waals surface area contributed by atoms with E-state index < -0.39 is 35.5 Å². The standard InChI is InChI=1S/C20H24N4O6/c1-13(16(26)22-23-17(27)14-7-3-2-4-8-14)30-15(25)9-12-24-18(28)20(21-19(24)29)10-5-6-11-20/h2-4,7-8,13H,5-6,9-12H2,1H3,(H,21,29)(H,22,26)(H,23,27)/t13-/m1/s1. The summed E-state index contributed by atoms with van der Waals surface area (Å²) in [6.07, 6.45) is 1.54. The van der Waals surface area contributed by atoms with E-state index in [1.54, 1.807) is 30.3 Å². The molecule has 1 aromatic carbocycles. The van der Waals surface area contributed by atoms with E-state index in [1.165, 1.54) is 6.92 Å². The summed E-state index contributed by atoms with van der Waals surface area (Å²) in [4.78, 5) is 61.6. The number of nitrogens with one attached hydrogen (secondary N) is 3. The SMILES string of the molecule is C[C@@H](OC(=O)CCN1C(=O)NC2(CCCC2)C1=O)C(=O)NNC(=O)c1ccccc1. The number of carbonyl (C=O) groups excluding carboxylic acids is 5. The lowest BCUT2D eigenvalue weighted by Gasteiger charge is -2.20.